The van der Waals surface area contributed by atoms with E-state index < -0.39 is 18.5 Å². The molecule has 0 bridgehead atoms. The number of halogens is 3. The smallest absolute Gasteiger partial charge is 0.341 e. The predicted octanol–water partition coefficient (Wildman–Crippen LogP) is 2.33. The minimum absolute atomic E-state index is 0.236. The Hall–Kier alpha value is -2.00. The van der Waals surface area contributed by atoms with Gasteiger partial charge in [-0.3, -0.25) is 4.79 Å². The van der Waals surface area contributed by atoms with E-state index in [4.69, 9.17) is 5.73 Å². The zero-order chi connectivity index (χ0) is 16.0. The van der Waals surface area contributed by atoms with Gasteiger partial charge in [-0.2, -0.15) is 13.2 Å². The zero-order valence-corrected chi connectivity index (χ0v) is 11.9. The van der Waals surface area contributed by atoms with Crippen LogP contribution in [0.1, 0.15) is 27.9 Å². The molecule has 0 saturated carbocycles. The first-order chi connectivity index (χ1) is 9.74. The van der Waals surface area contributed by atoms with Crippen molar-refractivity contribution in [2.75, 3.05) is 20.1 Å². The molecular weight excluding hydrogens is 281 g/mol. The van der Waals surface area contributed by atoms with Crippen molar-refractivity contribution < 1.29 is 18.0 Å². The van der Waals surface area contributed by atoms with E-state index in [-0.39, 0.29) is 13.1 Å². The van der Waals surface area contributed by atoms with Gasteiger partial charge < -0.3 is 10.6 Å². The lowest BCUT2D eigenvalue weighted by atomic mass is 10.0. The standard InChI is InChI=1S/C15H17F3N2O/c1-11-10-13(6-5-12(11)4-3-8-19)14(21)20(2)9-7-15(16,17)18/h5-6,10H,7-9,19H2,1-2H3. The van der Waals surface area contributed by atoms with Gasteiger partial charge in [0.25, 0.3) is 5.91 Å². The van der Waals surface area contributed by atoms with Gasteiger partial charge in [-0.05, 0) is 30.7 Å². The van der Waals surface area contributed by atoms with Gasteiger partial charge in [0.1, 0.15) is 0 Å². The fourth-order valence-corrected chi connectivity index (χ4v) is 1.70. The Morgan fingerprint density at radius 2 is 2.05 bits per heavy atom. The van der Waals surface area contributed by atoms with Gasteiger partial charge in [0, 0.05) is 24.7 Å². The van der Waals surface area contributed by atoms with E-state index in [0.29, 0.717) is 5.56 Å². The van der Waals surface area contributed by atoms with E-state index in [1.54, 1.807) is 25.1 Å². The summed E-state index contributed by atoms with van der Waals surface area (Å²) in [5, 5.41) is 0. The van der Waals surface area contributed by atoms with Gasteiger partial charge in [0.15, 0.2) is 0 Å². The third kappa shape index (κ3) is 5.48. The van der Waals surface area contributed by atoms with Crippen LogP contribution in [0, 0.1) is 18.8 Å². The summed E-state index contributed by atoms with van der Waals surface area (Å²) in [7, 11) is 1.35. The number of benzene rings is 1. The van der Waals surface area contributed by atoms with Crippen LogP contribution in [-0.4, -0.2) is 37.1 Å². The van der Waals surface area contributed by atoms with Crippen molar-refractivity contribution in [1.29, 1.82) is 0 Å². The van der Waals surface area contributed by atoms with Crippen molar-refractivity contribution in [1.82, 2.24) is 4.90 Å². The summed E-state index contributed by atoms with van der Waals surface area (Å²) < 4.78 is 36.5. The molecule has 0 radical (unpaired) electrons. The summed E-state index contributed by atoms with van der Waals surface area (Å²) in [6, 6.07) is 4.84. The number of rotatable bonds is 3. The third-order valence-corrected chi connectivity index (χ3v) is 2.88. The molecule has 0 atom stereocenters. The van der Waals surface area contributed by atoms with Crippen molar-refractivity contribution in [2.45, 2.75) is 19.5 Å². The van der Waals surface area contributed by atoms with Crippen LogP contribution in [0.3, 0.4) is 0 Å². The number of amides is 1. The van der Waals surface area contributed by atoms with Crippen LogP contribution in [0.2, 0.25) is 0 Å². The summed E-state index contributed by atoms with van der Waals surface area (Å²) in [6.07, 6.45) is -5.29. The SMILES string of the molecule is Cc1cc(C(=O)N(C)CCC(F)(F)F)ccc1C#CCN. The summed E-state index contributed by atoms with van der Waals surface area (Å²) >= 11 is 0. The van der Waals surface area contributed by atoms with Gasteiger partial charge in [0.05, 0.1) is 13.0 Å². The van der Waals surface area contributed by atoms with E-state index in [1.807, 2.05) is 0 Å². The maximum absolute atomic E-state index is 12.2. The highest BCUT2D eigenvalue weighted by Gasteiger charge is 2.28. The highest BCUT2D eigenvalue weighted by Crippen LogP contribution is 2.20. The zero-order valence-electron chi connectivity index (χ0n) is 11.9. The molecule has 1 aromatic rings. The first-order valence-corrected chi connectivity index (χ1v) is 6.36. The average molecular weight is 298 g/mol. The number of alkyl halides is 3. The molecule has 0 aliphatic heterocycles. The van der Waals surface area contributed by atoms with E-state index in [1.165, 1.54) is 7.05 Å². The molecule has 0 unspecified atom stereocenters. The van der Waals surface area contributed by atoms with Crippen molar-refractivity contribution in [3.8, 4) is 11.8 Å². The minimum atomic E-state index is -4.27. The van der Waals surface area contributed by atoms with Gasteiger partial charge in [-0.25, -0.2) is 0 Å². The van der Waals surface area contributed by atoms with Crippen LogP contribution in [0.5, 0.6) is 0 Å². The Labute approximate surface area is 121 Å². The number of nitrogens with two attached hydrogens (primary N) is 1. The Balaban J connectivity index is 2.81. The largest absolute Gasteiger partial charge is 0.390 e. The maximum atomic E-state index is 12.2. The number of aryl methyl sites for hydroxylation is 1. The first kappa shape index (κ1) is 17.1. The van der Waals surface area contributed by atoms with E-state index in [0.717, 1.165) is 16.0 Å². The van der Waals surface area contributed by atoms with E-state index >= 15 is 0 Å². The molecule has 0 spiro atoms. The van der Waals surface area contributed by atoms with Gasteiger partial charge in [0.2, 0.25) is 0 Å². The molecule has 0 aromatic heterocycles. The molecule has 3 nitrogen and oxygen atoms in total. The third-order valence-electron chi connectivity index (χ3n) is 2.88. The van der Waals surface area contributed by atoms with Gasteiger partial charge in [-0.15, -0.1) is 0 Å². The Morgan fingerprint density at radius 1 is 1.38 bits per heavy atom. The summed E-state index contributed by atoms with van der Waals surface area (Å²) in [6.45, 7) is 1.66. The second-order valence-corrected chi connectivity index (χ2v) is 4.63. The molecule has 0 heterocycles. The molecule has 6 heteroatoms. The van der Waals surface area contributed by atoms with Crippen molar-refractivity contribution >= 4 is 5.91 Å². The molecule has 21 heavy (non-hydrogen) atoms. The maximum Gasteiger partial charge on any atom is 0.390 e. The molecule has 0 aliphatic carbocycles. The second kappa shape index (κ2) is 7.14. The molecule has 2 N–H and O–H groups in total. The number of carbonyl (C=O) groups is 1. The van der Waals surface area contributed by atoms with Gasteiger partial charge >= 0.3 is 6.18 Å². The molecule has 1 amide bonds. The van der Waals surface area contributed by atoms with Crippen molar-refractivity contribution in [3.05, 3.63) is 34.9 Å². The Kier molecular flexibility index (Phi) is 5.79. The second-order valence-electron chi connectivity index (χ2n) is 4.63. The fraction of sp³-hybridized carbons (Fsp3) is 0.400. The van der Waals surface area contributed by atoms with E-state index in [9.17, 15) is 18.0 Å². The monoisotopic (exact) mass is 298 g/mol. The van der Waals surface area contributed by atoms with Crippen LogP contribution in [-0.2, 0) is 0 Å². The molecule has 1 aromatic carbocycles. The number of hydrogen-bond donors (Lipinski definition) is 1. The van der Waals surface area contributed by atoms with Crippen LogP contribution >= 0.6 is 0 Å². The number of nitrogens with zero attached hydrogens (tertiary/aromatic N) is 1. The Morgan fingerprint density at radius 3 is 2.57 bits per heavy atom. The molecule has 1 rings (SSSR count). The number of hydrogen-bond acceptors (Lipinski definition) is 2. The van der Waals surface area contributed by atoms with E-state index in [2.05, 4.69) is 11.8 Å². The molecule has 0 aliphatic rings. The normalized spacial score (nSPS) is 10.8. The summed E-state index contributed by atoms with van der Waals surface area (Å²) in [5.74, 6) is 5.13. The highest BCUT2D eigenvalue weighted by atomic mass is 19.4. The lowest BCUT2D eigenvalue weighted by molar-refractivity contribution is -0.136. The summed E-state index contributed by atoms with van der Waals surface area (Å²) in [4.78, 5) is 13.1. The van der Waals surface area contributed by atoms with Crippen LogP contribution in [0.4, 0.5) is 13.2 Å². The van der Waals surface area contributed by atoms with Crippen molar-refractivity contribution in [3.63, 3.8) is 0 Å². The predicted molar refractivity (Wildman–Crippen MR) is 74.7 cm³/mol. The topological polar surface area (TPSA) is 46.3 Å². The first-order valence-electron chi connectivity index (χ1n) is 6.36. The molecular formula is C15H17F3N2O. The Bertz CT molecular complexity index is 571. The lowest BCUT2D eigenvalue weighted by Crippen LogP contribution is -2.30. The molecule has 114 valence electrons. The highest BCUT2D eigenvalue weighted by molar-refractivity contribution is 5.94. The van der Waals surface area contributed by atoms with Gasteiger partial charge in [-0.1, -0.05) is 11.8 Å². The fourth-order valence-electron chi connectivity index (χ4n) is 1.70. The van der Waals surface area contributed by atoms with Crippen LogP contribution in [0.25, 0.3) is 0 Å². The van der Waals surface area contributed by atoms with Crippen LogP contribution in [0.15, 0.2) is 18.2 Å². The molecule has 0 fully saturated rings. The summed E-state index contributed by atoms with van der Waals surface area (Å²) in [5.41, 5.74) is 7.16. The number of carbonyl (C=O) groups excluding carboxylic acids is 1. The minimum Gasteiger partial charge on any atom is -0.341 e. The lowest BCUT2D eigenvalue weighted by Gasteiger charge is -2.18. The van der Waals surface area contributed by atoms with Crippen LogP contribution < -0.4 is 5.73 Å². The quantitative estimate of drug-likeness (QED) is 0.871. The average Bonchev–Trinajstić information content (AvgIpc) is 2.41. The molecule has 0 saturated heterocycles. The van der Waals surface area contributed by atoms with Crippen molar-refractivity contribution in [2.24, 2.45) is 5.73 Å².